The molecule has 40 nitrogen and oxygen atoms in total. The third kappa shape index (κ3) is 47.7. The molecular weight excluding hydrogens is 1540 g/mol. The second-order valence-corrected chi connectivity index (χ2v) is 34.3. The van der Waals surface area contributed by atoms with Gasteiger partial charge in [-0.15, -0.1) is 0 Å². The van der Waals surface area contributed by atoms with Gasteiger partial charge in [0.15, 0.2) is 0 Å². The van der Waals surface area contributed by atoms with E-state index in [0.29, 0.717) is 19.3 Å². The minimum atomic E-state index is -1.97. The number of rotatable bonds is 37. The van der Waals surface area contributed by atoms with E-state index in [1.807, 2.05) is 13.8 Å². The molecule has 676 valence electrons. The zero-order valence-corrected chi connectivity index (χ0v) is 73.0. The Morgan fingerprint density at radius 1 is 0.407 bits per heavy atom. The standard InChI is InChI=1S/C78H141N17O23/c1-21-23-25-27-28-30-32-49-60(100)86-45(3)58(98)87-50(34-40-81-69(109)114-74(6,7)8)61(101)92-55(38-44-85-73(113)118-78(18,19)20)66(106)94-56(46(4)96)67(107)80-39-33-51(63(103)91-52(62(102)89-49)35-41-82-70(110)115-75(9,10)11)90-64(104)53(36-42-83-71(111)116-76(12,13)14)93-68(108)57(47(5)97)95-65(105)54(37-43-84-72(112)117-77(15,16)17)88-59(99)48(79)31-29-26-24-22-2/h45-57,96-97H,21-44,79H2,1-20H3,(H,80,107)(H,81,109)(H,82,110)(H,83,111)(H,84,112)(H,85,113)(H,86,100)(H,87,98)(H,88,99)(H,89,102)(H,90,104)(H,91,103)(H,92,101)(H,93,108)(H,94,106)(H,95,105)/t45-,46+,47+,48-,49+,50-,51?,52-,53-,54-,55-,56-,57-/m0/s1. The van der Waals surface area contributed by atoms with E-state index in [-0.39, 0.29) is 38.9 Å². The Morgan fingerprint density at radius 2 is 0.754 bits per heavy atom. The summed E-state index contributed by atoms with van der Waals surface area (Å²) < 4.78 is 26.9. The van der Waals surface area contributed by atoms with Gasteiger partial charge in [0.1, 0.15) is 88.4 Å². The fraction of sp³-hybridized carbons (Fsp3) is 0.795. The summed E-state index contributed by atoms with van der Waals surface area (Å²) in [5, 5.41) is 62.7. The maximum atomic E-state index is 15.3. The van der Waals surface area contributed by atoms with Crippen molar-refractivity contribution >= 4 is 95.4 Å². The van der Waals surface area contributed by atoms with Crippen LogP contribution in [0.2, 0.25) is 0 Å². The number of aliphatic hydroxyl groups is 2. The highest BCUT2D eigenvalue weighted by molar-refractivity contribution is 5.99. The van der Waals surface area contributed by atoms with Crippen molar-refractivity contribution in [1.82, 2.24) is 85.1 Å². The van der Waals surface area contributed by atoms with Gasteiger partial charge in [-0.25, -0.2) is 24.0 Å². The molecule has 20 N–H and O–H groups in total. The van der Waals surface area contributed by atoms with Gasteiger partial charge in [0, 0.05) is 39.3 Å². The highest BCUT2D eigenvalue weighted by Gasteiger charge is 2.39. The van der Waals surface area contributed by atoms with Crippen molar-refractivity contribution in [1.29, 1.82) is 0 Å². The number of carbonyl (C=O) groups excluding carboxylic acids is 16. The molecule has 0 saturated carbocycles. The van der Waals surface area contributed by atoms with E-state index in [1.54, 1.807) is 104 Å². The number of alkyl carbamates (subject to hydrolysis) is 5. The topological polar surface area (TPSA) is 578 Å². The van der Waals surface area contributed by atoms with Gasteiger partial charge in [0.2, 0.25) is 65.0 Å². The van der Waals surface area contributed by atoms with Gasteiger partial charge in [-0.1, -0.05) is 78.1 Å². The molecule has 0 aromatic rings. The number of nitrogens with two attached hydrogens (primary N) is 1. The Bertz CT molecular complexity index is 3270. The van der Waals surface area contributed by atoms with Gasteiger partial charge in [0.25, 0.3) is 0 Å². The largest absolute Gasteiger partial charge is 0.444 e. The smallest absolute Gasteiger partial charge is 0.407 e. The zero-order chi connectivity index (χ0) is 90.1. The second kappa shape index (κ2) is 52.4. The summed E-state index contributed by atoms with van der Waals surface area (Å²) in [5.41, 5.74) is 1.34. The summed E-state index contributed by atoms with van der Waals surface area (Å²) >= 11 is 0. The fourth-order valence-corrected chi connectivity index (χ4v) is 11.2. The van der Waals surface area contributed by atoms with Crippen molar-refractivity contribution in [3.63, 3.8) is 0 Å². The quantitative estimate of drug-likeness (QED) is 0.0311. The monoisotopic (exact) mass is 1680 g/mol. The number of hydrogen-bond acceptors (Lipinski definition) is 24. The maximum absolute atomic E-state index is 15.3. The summed E-state index contributed by atoms with van der Waals surface area (Å²) in [4.78, 5) is 226. The van der Waals surface area contributed by atoms with Crippen molar-refractivity contribution in [2.45, 2.75) is 361 Å². The minimum Gasteiger partial charge on any atom is -0.444 e. The Morgan fingerprint density at radius 3 is 1.16 bits per heavy atom. The van der Waals surface area contributed by atoms with Crippen molar-refractivity contribution in [2.24, 2.45) is 5.73 Å². The SMILES string of the molecule is CCCCCCCC[C@H]1NC(=O)[C@H](CCNC(=O)OC(C)(C)C)NC(=O)C(NC(=O)[C@H](CCNC(=O)OC(C)(C)C)NC(=O)[C@@H](NC(=O)[C@H](CCNC(=O)OC(C)(C)C)NC(=O)[C@@H](N)CCCCCC)[C@@H](C)O)CCNC(=O)[C@H]([C@@H](C)O)NC(=O)[C@H](CCNC(=O)OC(C)(C)C)NC(=O)[C@H](CCNC(=O)OC(C)(C)C)NC(=O)[C@H](C)NC1=O. The summed E-state index contributed by atoms with van der Waals surface area (Å²) in [6, 6.07) is -18.5. The van der Waals surface area contributed by atoms with Crippen LogP contribution in [0, 0.1) is 0 Å². The molecule has 1 saturated heterocycles. The van der Waals surface area contributed by atoms with Crippen molar-refractivity contribution in [3.8, 4) is 0 Å². The van der Waals surface area contributed by atoms with E-state index in [1.165, 1.54) is 6.92 Å². The Hall–Kier alpha value is -9.60. The van der Waals surface area contributed by atoms with E-state index in [0.717, 1.165) is 58.8 Å². The lowest BCUT2D eigenvalue weighted by Gasteiger charge is -2.29. The highest BCUT2D eigenvalue weighted by atomic mass is 16.6. The van der Waals surface area contributed by atoms with Crippen molar-refractivity contribution in [3.05, 3.63) is 0 Å². The fourth-order valence-electron chi connectivity index (χ4n) is 11.2. The van der Waals surface area contributed by atoms with Gasteiger partial charge in [-0.05, 0) is 176 Å². The molecule has 40 heteroatoms. The Balaban J connectivity index is 4.47. The van der Waals surface area contributed by atoms with Crippen LogP contribution in [-0.4, -0.2) is 252 Å². The van der Waals surface area contributed by atoms with Crippen LogP contribution in [0.25, 0.3) is 0 Å². The lowest BCUT2D eigenvalue weighted by molar-refractivity contribution is -0.137. The summed E-state index contributed by atoms with van der Waals surface area (Å²) in [5.74, 6) is -11.9. The van der Waals surface area contributed by atoms with Crippen LogP contribution in [0.5, 0.6) is 0 Å². The van der Waals surface area contributed by atoms with Crippen molar-refractivity contribution in [2.75, 3.05) is 39.3 Å². The number of nitrogens with one attached hydrogen (secondary N) is 16. The Kier molecular flexibility index (Phi) is 47.2. The molecule has 0 radical (unpaired) electrons. The molecule has 0 spiro atoms. The first-order chi connectivity index (χ1) is 54.6. The predicted molar refractivity (Wildman–Crippen MR) is 435 cm³/mol. The van der Waals surface area contributed by atoms with Crippen molar-refractivity contribution < 1.29 is 111 Å². The van der Waals surface area contributed by atoms with Gasteiger partial charge >= 0.3 is 30.5 Å². The first-order valence-corrected chi connectivity index (χ1v) is 40.9. The first kappa shape index (κ1) is 106. The first-order valence-electron chi connectivity index (χ1n) is 40.9. The molecule has 16 amide bonds. The molecule has 0 aromatic carbocycles. The van der Waals surface area contributed by atoms with Crippen LogP contribution in [0.3, 0.4) is 0 Å². The predicted octanol–water partition coefficient (Wildman–Crippen LogP) is 1.76. The van der Waals surface area contributed by atoms with Crippen LogP contribution in [0.4, 0.5) is 24.0 Å². The molecule has 118 heavy (non-hydrogen) atoms. The molecule has 1 unspecified atom stereocenters. The molecule has 0 aromatic heterocycles. The van der Waals surface area contributed by atoms with Crippen LogP contribution < -0.4 is 90.8 Å². The zero-order valence-electron chi connectivity index (χ0n) is 73.0. The van der Waals surface area contributed by atoms with E-state index in [4.69, 9.17) is 29.4 Å². The number of hydrogen-bond donors (Lipinski definition) is 19. The number of unbranched alkanes of at least 4 members (excludes halogenated alkanes) is 8. The normalized spacial score (nSPS) is 20.1. The van der Waals surface area contributed by atoms with Crippen LogP contribution in [0.1, 0.15) is 254 Å². The number of ether oxygens (including phenoxy) is 5. The van der Waals surface area contributed by atoms with Crippen LogP contribution in [0.15, 0.2) is 0 Å². The lowest BCUT2D eigenvalue weighted by atomic mass is 10.0. The van der Waals surface area contributed by atoms with E-state index in [9.17, 15) is 72.5 Å². The summed E-state index contributed by atoms with van der Waals surface area (Å²) in [7, 11) is 0. The molecule has 13 atom stereocenters. The maximum Gasteiger partial charge on any atom is 0.407 e. The number of aliphatic hydroxyl groups excluding tert-OH is 2. The van der Waals surface area contributed by atoms with Crippen LogP contribution in [-0.2, 0) is 76.4 Å². The molecular formula is C78H141N17O23. The molecule has 1 heterocycles. The van der Waals surface area contributed by atoms with E-state index in [2.05, 4.69) is 85.1 Å². The van der Waals surface area contributed by atoms with Gasteiger partial charge < -0.3 is 125 Å². The average Bonchev–Trinajstić information content (AvgIpc) is 0.990. The Labute approximate surface area is 694 Å². The summed E-state index contributed by atoms with van der Waals surface area (Å²) in [6.07, 6.45) is -3.51. The lowest BCUT2D eigenvalue weighted by Crippen LogP contribution is -2.62. The molecule has 1 aliphatic heterocycles. The summed E-state index contributed by atoms with van der Waals surface area (Å²) in [6.45, 7) is 28.9. The third-order valence-electron chi connectivity index (χ3n) is 17.1. The molecule has 1 aliphatic rings. The van der Waals surface area contributed by atoms with Gasteiger partial charge in [-0.3, -0.25) is 52.7 Å². The van der Waals surface area contributed by atoms with E-state index >= 15 is 14.4 Å². The second-order valence-electron chi connectivity index (χ2n) is 34.3. The van der Waals surface area contributed by atoms with Gasteiger partial charge in [-0.2, -0.15) is 0 Å². The molecule has 1 fully saturated rings. The third-order valence-corrected chi connectivity index (χ3v) is 17.1. The van der Waals surface area contributed by atoms with Crippen LogP contribution >= 0.6 is 0 Å². The molecule has 1 rings (SSSR count). The average molecular weight is 1690 g/mol. The van der Waals surface area contributed by atoms with E-state index < -0.39 is 254 Å². The molecule has 0 bridgehead atoms. The minimum absolute atomic E-state index is 0.0672. The number of amides is 16. The highest BCUT2D eigenvalue weighted by Crippen LogP contribution is 2.16. The van der Waals surface area contributed by atoms with Gasteiger partial charge in [0.05, 0.1) is 18.2 Å². The number of carbonyl (C=O) groups is 16. The molecule has 0 aliphatic carbocycles.